The zero-order valence-corrected chi connectivity index (χ0v) is 35.9. The van der Waals surface area contributed by atoms with Gasteiger partial charge in [-0.2, -0.15) is 20.5 Å². The van der Waals surface area contributed by atoms with Gasteiger partial charge in [0.15, 0.2) is 0 Å². The van der Waals surface area contributed by atoms with Crippen molar-refractivity contribution >= 4 is 22.1 Å². The first-order valence-corrected chi connectivity index (χ1v) is 20.6. The Hall–Kier alpha value is -9.80. The fourth-order valence-electron chi connectivity index (χ4n) is 7.32. The summed E-state index contributed by atoms with van der Waals surface area (Å²) in [6, 6.07) is 46.8. The van der Waals surface area contributed by atoms with E-state index in [4.69, 9.17) is 18.9 Å². The summed E-state index contributed by atoms with van der Waals surface area (Å²) in [6.07, 6.45) is 3.14. The molecular formula is C52H34F2N8O6. The number of ether oxygens (including phenoxy) is 4. The summed E-state index contributed by atoms with van der Waals surface area (Å²) < 4.78 is 55.3. The molecule has 6 aromatic carbocycles. The lowest BCUT2D eigenvalue weighted by molar-refractivity contribution is 0.408. The SMILES string of the molecule is COc1ccc(Oc2nc3c(C#N)cn(-c4ccccc4)c3c(=O)n2-c2ccc(F)cc2)cc1.COc1ccc(Oc2nc3c(C#N)cn(-c4ccccc4)c3c(=O)n2-c2ccc(F)cc2)cc1. The summed E-state index contributed by atoms with van der Waals surface area (Å²) in [4.78, 5) is 36.8. The normalized spacial score (nSPS) is 10.7. The van der Waals surface area contributed by atoms with Gasteiger partial charge in [-0.3, -0.25) is 9.59 Å². The van der Waals surface area contributed by atoms with E-state index in [0.29, 0.717) is 45.7 Å². The molecule has 0 aliphatic carbocycles. The molecule has 4 aromatic heterocycles. The Morgan fingerprint density at radius 3 is 1.12 bits per heavy atom. The van der Waals surface area contributed by atoms with Crippen LogP contribution in [-0.4, -0.2) is 42.5 Å². The molecular weight excluding hydrogens is 871 g/mol. The van der Waals surface area contributed by atoms with Crippen LogP contribution in [0.3, 0.4) is 0 Å². The first-order valence-electron chi connectivity index (χ1n) is 20.6. The largest absolute Gasteiger partial charge is 0.497 e. The fraction of sp³-hybridized carbons (Fsp3) is 0.0385. The standard InChI is InChI=1S/2C26H17FN4O3/c2*1-33-21-11-13-22(14-12-21)34-26-29-23-17(15-28)16-30(19-5-3-2-4-6-19)24(23)25(32)31(26)20-9-7-18(27)8-10-20/h2*2-14,16H,1H3. The molecule has 10 rings (SSSR count). The van der Waals surface area contributed by atoms with Gasteiger partial charge >= 0.3 is 12.0 Å². The van der Waals surface area contributed by atoms with Gasteiger partial charge in [0.25, 0.3) is 11.1 Å². The zero-order chi connectivity index (χ0) is 47.3. The summed E-state index contributed by atoms with van der Waals surface area (Å²) in [5.41, 5.74) is 2.45. The maximum absolute atomic E-state index is 13.8. The van der Waals surface area contributed by atoms with Crippen LogP contribution in [0.2, 0.25) is 0 Å². The summed E-state index contributed by atoms with van der Waals surface area (Å²) in [5.74, 6) is 1.20. The lowest BCUT2D eigenvalue weighted by Crippen LogP contribution is -2.23. The van der Waals surface area contributed by atoms with Crippen molar-refractivity contribution in [1.29, 1.82) is 10.5 Å². The highest BCUT2D eigenvalue weighted by molar-refractivity contribution is 5.85. The monoisotopic (exact) mass is 904 g/mol. The van der Waals surface area contributed by atoms with Gasteiger partial charge < -0.3 is 28.1 Å². The average molecular weight is 905 g/mol. The molecule has 4 heterocycles. The van der Waals surface area contributed by atoms with Crippen LogP contribution in [0, 0.1) is 34.3 Å². The number of methoxy groups -OCH3 is 2. The Labute approximate surface area is 385 Å². The van der Waals surface area contributed by atoms with Gasteiger partial charge in [0.05, 0.1) is 36.7 Å². The van der Waals surface area contributed by atoms with Gasteiger partial charge in [-0.05, 0) is 121 Å². The van der Waals surface area contributed by atoms with E-state index < -0.39 is 22.8 Å². The second kappa shape index (κ2) is 18.7. The molecule has 0 aliphatic heterocycles. The smallest absolute Gasteiger partial charge is 0.310 e. The first-order chi connectivity index (χ1) is 33.2. The van der Waals surface area contributed by atoms with Crippen molar-refractivity contribution in [3.63, 3.8) is 0 Å². The number of nitriles is 2. The zero-order valence-electron chi connectivity index (χ0n) is 35.9. The predicted molar refractivity (Wildman–Crippen MR) is 249 cm³/mol. The summed E-state index contributed by atoms with van der Waals surface area (Å²) >= 11 is 0. The van der Waals surface area contributed by atoms with Gasteiger partial charge in [0.1, 0.15) is 68.8 Å². The second-order valence-corrected chi connectivity index (χ2v) is 14.7. The Balaban J connectivity index is 0.000000170. The molecule has 0 N–H and O–H groups in total. The minimum Gasteiger partial charge on any atom is -0.497 e. The van der Waals surface area contributed by atoms with Gasteiger partial charge in [0.2, 0.25) is 0 Å². The van der Waals surface area contributed by atoms with E-state index in [1.807, 2.05) is 60.7 Å². The fourth-order valence-corrected chi connectivity index (χ4v) is 7.32. The van der Waals surface area contributed by atoms with Crippen molar-refractivity contribution in [2.24, 2.45) is 0 Å². The summed E-state index contributed by atoms with van der Waals surface area (Å²) in [7, 11) is 3.11. The van der Waals surface area contributed by atoms with E-state index >= 15 is 0 Å². The van der Waals surface area contributed by atoms with Crippen molar-refractivity contribution in [1.82, 2.24) is 28.2 Å². The molecule has 0 fully saturated rings. The molecule has 0 unspecified atom stereocenters. The van der Waals surface area contributed by atoms with Crippen molar-refractivity contribution in [3.05, 3.63) is 214 Å². The maximum atomic E-state index is 13.8. The van der Waals surface area contributed by atoms with E-state index in [-0.39, 0.29) is 45.2 Å². The lowest BCUT2D eigenvalue weighted by Gasteiger charge is -2.14. The van der Waals surface area contributed by atoms with Crippen LogP contribution in [-0.2, 0) is 0 Å². The van der Waals surface area contributed by atoms with Crippen LogP contribution in [0.1, 0.15) is 11.1 Å². The number of hydrogen-bond donors (Lipinski definition) is 0. The van der Waals surface area contributed by atoms with E-state index in [2.05, 4.69) is 22.1 Å². The molecule has 0 aliphatic rings. The number of halogens is 2. The third-order valence-electron chi connectivity index (χ3n) is 10.6. The topological polar surface area (TPSA) is 164 Å². The summed E-state index contributed by atoms with van der Waals surface area (Å²) in [6.45, 7) is 0. The molecule has 14 nitrogen and oxygen atoms in total. The van der Waals surface area contributed by atoms with Crippen molar-refractivity contribution in [2.45, 2.75) is 0 Å². The quantitative estimate of drug-likeness (QED) is 0.129. The van der Waals surface area contributed by atoms with Gasteiger partial charge in [-0.1, -0.05) is 36.4 Å². The molecule has 0 saturated carbocycles. The highest BCUT2D eigenvalue weighted by Crippen LogP contribution is 2.31. The maximum Gasteiger partial charge on any atom is 0.310 e. The third kappa shape index (κ3) is 8.47. The van der Waals surface area contributed by atoms with Crippen LogP contribution in [0.5, 0.6) is 35.0 Å². The molecule has 0 saturated heterocycles. The predicted octanol–water partition coefficient (Wildman–Crippen LogP) is 9.98. The highest BCUT2D eigenvalue weighted by Gasteiger charge is 2.24. The lowest BCUT2D eigenvalue weighted by atomic mass is 10.3. The van der Waals surface area contributed by atoms with Crippen molar-refractivity contribution < 1.29 is 27.7 Å². The Morgan fingerprint density at radius 1 is 0.456 bits per heavy atom. The number of fused-ring (bicyclic) bond motifs is 2. The molecule has 0 spiro atoms. The van der Waals surface area contributed by atoms with Gasteiger partial charge in [0, 0.05) is 23.8 Å². The number of rotatable bonds is 10. The van der Waals surface area contributed by atoms with Crippen LogP contribution in [0.25, 0.3) is 44.8 Å². The molecule has 0 radical (unpaired) electrons. The van der Waals surface area contributed by atoms with Crippen LogP contribution < -0.4 is 30.1 Å². The first kappa shape index (κ1) is 43.5. The highest BCUT2D eigenvalue weighted by atomic mass is 19.1. The van der Waals surface area contributed by atoms with Crippen molar-refractivity contribution in [3.8, 4) is 69.9 Å². The molecule has 68 heavy (non-hydrogen) atoms. The van der Waals surface area contributed by atoms with Gasteiger partial charge in [-0.15, -0.1) is 0 Å². The van der Waals surface area contributed by atoms with E-state index in [1.165, 1.54) is 57.7 Å². The average Bonchev–Trinajstić information content (AvgIpc) is 3.95. The Kier molecular flexibility index (Phi) is 12.0. The summed E-state index contributed by atoms with van der Waals surface area (Å²) in [5, 5.41) is 19.5. The third-order valence-corrected chi connectivity index (χ3v) is 10.6. The van der Waals surface area contributed by atoms with E-state index in [9.17, 15) is 28.9 Å². The second-order valence-electron chi connectivity index (χ2n) is 14.7. The van der Waals surface area contributed by atoms with Crippen LogP contribution in [0.4, 0.5) is 8.78 Å². The van der Waals surface area contributed by atoms with E-state index in [1.54, 1.807) is 84.3 Å². The number of nitrogens with zero attached hydrogens (tertiary/aromatic N) is 8. The molecule has 0 amide bonds. The molecule has 0 atom stereocenters. The Bertz CT molecular complexity index is 3410. The Morgan fingerprint density at radius 2 is 0.794 bits per heavy atom. The van der Waals surface area contributed by atoms with E-state index in [0.717, 1.165) is 0 Å². The molecule has 0 bridgehead atoms. The minimum absolute atomic E-state index is 0.0587. The van der Waals surface area contributed by atoms with Crippen LogP contribution in [0.15, 0.2) is 180 Å². The molecule has 332 valence electrons. The minimum atomic E-state index is -0.467. The number of hydrogen-bond acceptors (Lipinski definition) is 10. The van der Waals surface area contributed by atoms with Crippen LogP contribution >= 0.6 is 0 Å². The number of para-hydroxylation sites is 2. The van der Waals surface area contributed by atoms with Crippen molar-refractivity contribution in [2.75, 3.05) is 14.2 Å². The number of benzene rings is 6. The molecule has 10 aromatic rings. The number of aromatic nitrogens is 6. The van der Waals surface area contributed by atoms with Gasteiger partial charge in [-0.25, -0.2) is 17.9 Å². The molecule has 16 heteroatoms.